The van der Waals surface area contributed by atoms with Gasteiger partial charge in [0.2, 0.25) is 5.82 Å². The summed E-state index contributed by atoms with van der Waals surface area (Å²) in [6.07, 6.45) is 1.46. The van der Waals surface area contributed by atoms with Gasteiger partial charge in [0.1, 0.15) is 0 Å². The first-order valence-electron chi connectivity index (χ1n) is 7.64. The quantitative estimate of drug-likeness (QED) is 0.604. The average Bonchev–Trinajstić information content (AvgIpc) is 3.35. The molecule has 0 fully saturated rings. The minimum Gasteiger partial charge on any atom is -0.459 e. The topological polar surface area (TPSA) is 81.2 Å². The van der Waals surface area contributed by atoms with E-state index in [2.05, 4.69) is 15.5 Å². The number of aromatic nitrogens is 2. The molecule has 2 heterocycles. The monoisotopic (exact) mass is 331 g/mol. The summed E-state index contributed by atoms with van der Waals surface area (Å²) in [4.78, 5) is 16.3. The Morgan fingerprint density at radius 3 is 2.40 bits per heavy atom. The van der Waals surface area contributed by atoms with Crippen LogP contribution in [0.2, 0.25) is 0 Å². The van der Waals surface area contributed by atoms with Gasteiger partial charge in [0.25, 0.3) is 11.8 Å². The van der Waals surface area contributed by atoms with Crippen LogP contribution in [0, 0.1) is 0 Å². The molecule has 0 saturated heterocycles. The lowest BCUT2D eigenvalue weighted by Gasteiger charge is -2.03. The van der Waals surface area contributed by atoms with Crippen molar-refractivity contribution in [2.75, 3.05) is 5.32 Å². The van der Waals surface area contributed by atoms with Gasteiger partial charge in [0, 0.05) is 16.8 Å². The van der Waals surface area contributed by atoms with E-state index in [4.69, 9.17) is 8.94 Å². The molecule has 4 rings (SSSR count). The van der Waals surface area contributed by atoms with Gasteiger partial charge in [-0.15, -0.1) is 0 Å². The van der Waals surface area contributed by atoms with Crippen molar-refractivity contribution in [2.45, 2.75) is 0 Å². The summed E-state index contributed by atoms with van der Waals surface area (Å²) in [6, 6.07) is 20.0. The minimum absolute atomic E-state index is 0.258. The molecule has 6 nitrogen and oxygen atoms in total. The molecule has 122 valence electrons. The number of hydrogen-bond acceptors (Lipinski definition) is 5. The number of hydrogen-bond donors (Lipinski definition) is 1. The number of nitrogens with zero attached hydrogens (tertiary/aromatic N) is 2. The standard InChI is InChI=1S/C19H13N3O3/c23-18(16-7-4-12-24-16)20-15-10-8-14(9-11-15)19-21-17(22-25-19)13-5-2-1-3-6-13/h1-12H,(H,20,23). The van der Waals surface area contributed by atoms with Crippen molar-refractivity contribution in [2.24, 2.45) is 0 Å². The van der Waals surface area contributed by atoms with Crippen LogP contribution >= 0.6 is 0 Å². The average molecular weight is 331 g/mol. The zero-order valence-electron chi connectivity index (χ0n) is 13.0. The van der Waals surface area contributed by atoms with Crippen LogP contribution < -0.4 is 5.32 Å². The first-order chi connectivity index (χ1) is 12.3. The summed E-state index contributed by atoms with van der Waals surface area (Å²) in [7, 11) is 0. The highest BCUT2D eigenvalue weighted by Crippen LogP contribution is 2.23. The zero-order chi connectivity index (χ0) is 17.1. The van der Waals surface area contributed by atoms with E-state index >= 15 is 0 Å². The van der Waals surface area contributed by atoms with Crippen molar-refractivity contribution in [1.29, 1.82) is 0 Å². The smallest absolute Gasteiger partial charge is 0.291 e. The van der Waals surface area contributed by atoms with Crippen molar-refractivity contribution < 1.29 is 13.7 Å². The first-order valence-corrected chi connectivity index (χ1v) is 7.64. The van der Waals surface area contributed by atoms with E-state index in [1.54, 1.807) is 36.4 Å². The van der Waals surface area contributed by atoms with Crippen molar-refractivity contribution in [3.63, 3.8) is 0 Å². The molecule has 0 unspecified atom stereocenters. The van der Waals surface area contributed by atoms with Crippen LogP contribution in [0.5, 0.6) is 0 Å². The summed E-state index contributed by atoms with van der Waals surface area (Å²) >= 11 is 0. The number of anilines is 1. The Hall–Kier alpha value is -3.67. The Bertz CT molecular complexity index is 974. The molecule has 0 bridgehead atoms. The zero-order valence-corrected chi connectivity index (χ0v) is 13.0. The van der Waals surface area contributed by atoms with Gasteiger partial charge in [-0.1, -0.05) is 35.5 Å². The van der Waals surface area contributed by atoms with Crippen LogP contribution in [0.15, 0.2) is 81.9 Å². The summed E-state index contributed by atoms with van der Waals surface area (Å²) < 4.78 is 10.4. The predicted molar refractivity (Wildman–Crippen MR) is 91.8 cm³/mol. The number of carbonyl (C=O) groups excluding carboxylic acids is 1. The highest BCUT2D eigenvalue weighted by atomic mass is 16.5. The van der Waals surface area contributed by atoms with E-state index in [0.717, 1.165) is 11.1 Å². The Kier molecular flexibility index (Phi) is 3.84. The van der Waals surface area contributed by atoms with Gasteiger partial charge in [-0.3, -0.25) is 4.79 Å². The number of nitrogens with one attached hydrogen (secondary N) is 1. The molecule has 1 amide bonds. The third-order valence-electron chi connectivity index (χ3n) is 3.59. The molecular weight excluding hydrogens is 318 g/mol. The van der Waals surface area contributed by atoms with Crippen molar-refractivity contribution >= 4 is 11.6 Å². The summed E-state index contributed by atoms with van der Waals surface area (Å²) in [5.74, 6) is 0.906. The van der Waals surface area contributed by atoms with Crippen LogP contribution in [0.4, 0.5) is 5.69 Å². The molecule has 4 aromatic rings. The third kappa shape index (κ3) is 3.18. The second-order valence-corrected chi connectivity index (χ2v) is 5.30. The van der Waals surface area contributed by atoms with Crippen LogP contribution in [0.25, 0.3) is 22.8 Å². The molecule has 0 aliphatic carbocycles. The summed E-state index contributed by atoms with van der Waals surface area (Å²) in [5, 5.41) is 6.75. The molecule has 1 N–H and O–H groups in total. The number of rotatable bonds is 4. The van der Waals surface area contributed by atoms with Gasteiger partial charge >= 0.3 is 0 Å². The molecular formula is C19H13N3O3. The molecule has 0 radical (unpaired) electrons. The first kappa shape index (κ1) is 14.9. The number of furan rings is 1. The number of benzene rings is 2. The second-order valence-electron chi connectivity index (χ2n) is 5.30. The highest BCUT2D eigenvalue weighted by Gasteiger charge is 2.12. The van der Waals surface area contributed by atoms with Gasteiger partial charge in [-0.25, -0.2) is 0 Å². The van der Waals surface area contributed by atoms with Gasteiger partial charge in [0.15, 0.2) is 5.76 Å². The van der Waals surface area contributed by atoms with Crippen LogP contribution in [-0.4, -0.2) is 16.0 Å². The lowest BCUT2D eigenvalue weighted by molar-refractivity contribution is 0.0996. The molecule has 0 aliphatic heterocycles. The molecule has 2 aromatic carbocycles. The maximum atomic E-state index is 11.9. The van der Waals surface area contributed by atoms with Crippen LogP contribution in [-0.2, 0) is 0 Å². The fourth-order valence-electron chi connectivity index (χ4n) is 2.34. The van der Waals surface area contributed by atoms with Gasteiger partial charge in [-0.2, -0.15) is 4.98 Å². The van der Waals surface area contributed by atoms with Crippen molar-refractivity contribution in [3.8, 4) is 22.8 Å². The van der Waals surface area contributed by atoms with Crippen molar-refractivity contribution in [3.05, 3.63) is 78.8 Å². The van der Waals surface area contributed by atoms with Crippen molar-refractivity contribution in [1.82, 2.24) is 10.1 Å². The van der Waals surface area contributed by atoms with E-state index in [9.17, 15) is 4.79 Å². The molecule has 0 saturated carbocycles. The summed E-state index contributed by atoms with van der Waals surface area (Å²) in [6.45, 7) is 0. The SMILES string of the molecule is O=C(Nc1ccc(-c2nc(-c3ccccc3)no2)cc1)c1ccco1. The largest absolute Gasteiger partial charge is 0.459 e. The summed E-state index contributed by atoms with van der Waals surface area (Å²) in [5.41, 5.74) is 2.30. The van der Waals surface area contributed by atoms with E-state index in [-0.39, 0.29) is 11.7 Å². The maximum Gasteiger partial charge on any atom is 0.291 e. The Morgan fingerprint density at radius 2 is 1.68 bits per heavy atom. The van der Waals surface area contributed by atoms with Gasteiger partial charge < -0.3 is 14.3 Å². The Morgan fingerprint density at radius 1 is 0.880 bits per heavy atom. The molecule has 0 spiro atoms. The number of carbonyl (C=O) groups is 1. The fraction of sp³-hybridized carbons (Fsp3) is 0. The molecule has 0 atom stereocenters. The lowest BCUT2D eigenvalue weighted by Crippen LogP contribution is -2.10. The minimum atomic E-state index is -0.304. The lowest BCUT2D eigenvalue weighted by atomic mass is 10.2. The number of amides is 1. The highest BCUT2D eigenvalue weighted by molar-refractivity contribution is 6.02. The van der Waals surface area contributed by atoms with E-state index in [0.29, 0.717) is 17.4 Å². The van der Waals surface area contributed by atoms with E-state index < -0.39 is 0 Å². The third-order valence-corrected chi connectivity index (χ3v) is 3.59. The molecule has 0 aliphatic rings. The van der Waals surface area contributed by atoms with E-state index in [1.165, 1.54) is 6.26 Å². The molecule has 2 aromatic heterocycles. The Labute approximate surface area is 143 Å². The van der Waals surface area contributed by atoms with Gasteiger partial charge in [0.05, 0.1) is 6.26 Å². The van der Waals surface area contributed by atoms with Crippen LogP contribution in [0.1, 0.15) is 10.6 Å². The Balaban J connectivity index is 1.51. The molecule has 25 heavy (non-hydrogen) atoms. The second kappa shape index (κ2) is 6.45. The van der Waals surface area contributed by atoms with Crippen LogP contribution in [0.3, 0.4) is 0 Å². The fourth-order valence-corrected chi connectivity index (χ4v) is 2.34. The molecule has 6 heteroatoms. The van der Waals surface area contributed by atoms with Gasteiger partial charge in [-0.05, 0) is 36.4 Å². The normalized spacial score (nSPS) is 10.6. The maximum absolute atomic E-state index is 11.9. The van der Waals surface area contributed by atoms with E-state index in [1.807, 2.05) is 30.3 Å². The predicted octanol–water partition coefficient (Wildman–Crippen LogP) is 4.25.